The second-order valence-corrected chi connectivity index (χ2v) is 5.94. The lowest BCUT2D eigenvalue weighted by Crippen LogP contribution is -2.30. The van der Waals surface area contributed by atoms with Crippen molar-refractivity contribution in [3.8, 4) is 0 Å². The van der Waals surface area contributed by atoms with Crippen molar-refractivity contribution in [1.82, 2.24) is 0 Å². The number of halogens is 1. The molecule has 84 valence electrons. The third kappa shape index (κ3) is 3.84. The summed E-state index contributed by atoms with van der Waals surface area (Å²) in [4.78, 5) is 1.07. The van der Waals surface area contributed by atoms with Gasteiger partial charge in [-0.25, -0.2) is 4.39 Å². The first-order chi connectivity index (χ1) is 6.93. The molecule has 0 amide bonds. The van der Waals surface area contributed by atoms with E-state index < -0.39 is 0 Å². The fourth-order valence-electron chi connectivity index (χ4n) is 1.26. The van der Waals surface area contributed by atoms with Crippen molar-refractivity contribution in [2.45, 2.75) is 30.9 Å². The molecule has 1 aromatic rings. The Balaban J connectivity index is 2.71. The highest BCUT2D eigenvalue weighted by atomic mass is 32.2. The minimum Gasteiger partial charge on any atom is -0.329 e. The molecule has 1 nitrogen and oxygen atoms in total. The maximum Gasteiger partial charge on any atom is 0.123 e. The van der Waals surface area contributed by atoms with Crippen LogP contribution in [0.15, 0.2) is 29.2 Å². The summed E-state index contributed by atoms with van der Waals surface area (Å²) in [6.45, 7) is 7.13. The normalized spacial score (nSPS) is 13.9. The zero-order chi connectivity index (χ0) is 11.5. The van der Waals surface area contributed by atoms with Gasteiger partial charge >= 0.3 is 0 Å². The maximum absolute atomic E-state index is 12.7. The Morgan fingerprint density at radius 1 is 1.27 bits per heavy atom. The van der Waals surface area contributed by atoms with E-state index in [2.05, 4.69) is 20.8 Å². The van der Waals surface area contributed by atoms with E-state index in [1.165, 1.54) is 12.1 Å². The molecule has 0 bridgehead atoms. The molecule has 0 aromatic heterocycles. The third-order valence-electron chi connectivity index (χ3n) is 2.27. The first-order valence-corrected chi connectivity index (χ1v) is 5.94. The lowest BCUT2D eigenvalue weighted by molar-refractivity contribution is 0.398. The summed E-state index contributed by atoms with van der Waals surface area (Å²) >= 11 is 1.71. The molecule has 1 unspecified atom stereocenters. The largest absolute Gasteiger partial charge is 0.329 e. The molecule has 0 fully saturated rings. The van der Waals surface area contributed by atoms with Crippen molar-refractivity contribution < 1.29 is 4.39 Å². The monoisotopic (exact) mass is 227 g/mol. The molecule has 0 spiro atoms. The van der Waals surface area contributed by atoms with E-state index >= 15 is 0 Å². The average Bonchev–Trinajstić information content (AvgIpc) is 2.15. The molecule has 0 heterocycles. The van der Waals surface area contributed by atoms with Crippen LogP contribution in [0.5, 0.6) is 0 Å². The first-order valence-electron chi connectivity index (χ1n) is 5.06. The highest BCUT2D eigenvalue weighted by molar-refractivity contribution is 8.00. The van der Waals surface area contributed by atoms with Gasteiger partial charge in [-0.1, -0.05) is 20.8 Å². The van der Waals surface area contributed by atoms with Gasteiger partial charge in [0, 0.05) is 16.7 Å². The van der Waals surface area contributed by atoms with Crippen molar-refractivity contribution in [3.05, 3.63) is 30.1 Å². The number of rotatable bonds is 3. The third-order valence-corrected chi connectivity index (χ3v) is 4.00. The Hall–Kier alpha value is -0.540. The summed E-state index contributed by atoms with van der Waals surface area (Å²) in [5.74, 6) is -0.195. The topological polar surface area (TPSA) is 26.0 Å². The van der Waals surface area contributed by atoms with Gasteiger partial charge < -0.3 is 5.73 Å². The van der Waals surface area contributed by atoms with Crippen LogP contribution in [0.25, 0.3) is 0 Å². The van der Waals surface area contributed by atoms with Crippen molar-refractivity contribution in [2.24, 2.45) is 11.1 Å². The molecule has 0 aliphatic rings. The van der Waals surface area contributed by atoms with Gasteiger partial charge in [0.2, 0.25) is 0 Å². The molecule has 1 rings (SSSR count). The van der Waals surface area contributed by atoms with Gasteiger partial charge in [-0.05, 0) is 29.7 Å². The van der Waals surface area contributed by atoms with Crippen molar-refractivity contribution in [1.29, 1.82) is 0 Å². The van der Waals surface area contributed by atoms with Crippen LogP contribution in [-0.2, 0) is 0 Å². The first kappa shape index (κ1) is 12.5. The van der Waals surface area contributed by atoms with E-state index in [9.17, 15) is 4.39 Å². The van der Waals surface area contributed by atoms with Gasteiger partial charge in [0.15, 0.2) is 0 Å². The molecule has 15 heavy (non-hydrogen) atoms. The predicted octanol–water partition coefficient (Wildman–Crippen LogP) is 3.29. The maximum atomic E-state index is 12.7. The van der Waals surface area contributed by atoms with Gasteiger partial charge in [-0.2, -0.15) is 0 Å². The van der Waals surface area contributed by atoms with Crippen LogP contribution >= 0.6 is 11.8 Å². The van der Waals surface area contributed by atoms with Gasteiger partial charge in [0.1, 0.15) is 5.82 Å². The SMILES string of the molecule is CC(C)(C)C(CN)Sc1ccc(F)cc1. The minimum atomic E-state index is -0.195. The Kier molecular flexibility index (Phi) is 4.17. The van der Waals surface area contributed by atoms with E-state index in [0.717, 1.165) is 4.90 Å². The molecule has 0 radical (unpaired) electrons. The fourth-order valence-corrected chi connectivity index (χ4v) is 2.33. The molecule has 1 atom stereocenters. The molecular formula is C12H18FNS. The fraction of sp³-hybridized carbons (Fsp3) is 0.500. The lowest BCUT2D eigenvalue weighted by Gasteiger charge is -2.28. The van der Waals surface area contributed by atoms with Crippen molar-refractivity contribution in [2.75, 3.05) is 6.54 Å². The molecule has 0 saturated carbocycles. The van der Waals surface area contributed by atoms with E-state index in [0.29, 0.717) is 11.8 Å². The molecule has 3 heteroatoms. The summed E-state index contributed by atoms with van der Waals surface area (Å²) in [5.41, 5.74) is 5.90. The summed E-state index contributed by atoms with van der Waals surface area (Å²) in [6, 6.07) is 6.57. The molecule has 0 aliphatic heterocycles. The van der Waals surface area contributed by atoms with Crippen LogP contribution in [0, 0.1) is 11.2 Å². The zero-order valence-electron chi connectivity index (χ0n) is 9.46. The minimum absolute atomic E-state index is 0.161. The van der Waals surface area contributed by atoms with Gasteiger partial charge in [0.05, 0.1) is 0 Å². The van der Waals surface area contributed by atoms with Crippen molar-refractivity contribution >= 4 is 11.8 Å². The van der Waals surface area contributed by atoms with Crippen LogP contribution < -0.4 is 5.73 Å². The second kappa shape index (κ2) is 4.99. The number of hydrogen-bond acceptors (Lipinski definition) is 2. The Labute approximate surface area is 95.2 Å². The summed E-state index contributed by atoms with van der Waals surface area (Å²) in [5, 5.41) is 0.350. The molecule has 0 aliphatic carbocycles. The number of thioether (sulfide) groups is 1. The van der Waals surface area contributed by atoms with Gasteiger partial charge in [0.25, 0.3) is 0 Å². The van der Waals surface area contributed by atoms with Gasteiger partial charge in [-0.3, -0.25) is 0 Å². The van der Waals surface area contributed by atoms with Crippen LogP contribution in [0.1, 0.15) is 20.8 Å². The van der Waals surface area contributed by atoms with E-state index in [1.54, 1.807) is 23.9 Å². The second-order valence-electron chi connectivity index (χ2n) is 4.66. The van der Waals surface area contributed by atoms with E-state index in [4.69, 9.17) is 5.73 Å². The predicted molar refractivity (Wildman–Crippen MR) is 64.6 cm³/mol. The van der Waals surface area contributed by atoms with Crippen molar-refractivity contribution in [3.63, 3.8) is 0 Å². The Morgan fingerprint density at radius 2 is 1.80 bits per heavy atom. The zero-order valence-corrected chi connectivity index (χ0v) is 10.3. The molecular weight excluding hydrogens is 209 g/mol. The highest BCUT2D eigenvalue weighted by Crippen LogP contribution is 2.34. The summed E-state index contributed by atoms with van der Waals surface area (Å²) < 4.78 is 12.7. The summed E-state index contributed by atoms with van der Waals surface area (Å²) in [7, 11) is 0. The summed E-state index contributed by atoms with van der Waals surface area (Å²) in [6.07, 6.45) is 0. The standard InChI is InChI=1S/C12H18FNS/c1-12(2,3)11(8-14)15-10-6-4-9(13)5-7-10/h4-7,11H,8,14H2,1-3H3. The van der Waals surface area contributed by atoms with Gasteiger partial charge in [-0.15, -0.1) is 11.8 Å². The van der Waals surface area contributed by atoms with E-state index in [-0.39, 0.29) is 11.2 Å². The average molecular weight is 227 g/mol. The molecule has 0 saturated heterocycles. The lowest BCUT2D eigenvalue weighted by atomic mass is 9.92. The van der Waals surface area contributed by atoms with Crippen LogP contribution in [0.2, 0.25) is 0 Å². The Bertz CT molecular complexity index is 302. The van der Waals surface area contributed by atoms with Crippen LogP contribution in [0.4, 0.5) is 4.39 Å². The quantitative estimate of drug-likeness (QED) is 0.802. The smallest absolute Gasteiger partial charge is 0.123 e. The van der Waals surface area contributed by atoms with Crippen LogP contribution in [0.3, 0.4) is 0 Å². The highest BCUT2D eigenvalue weighted by Gasteiger charge is 2.24. The molecule has 1 aromatic carbocycles. The number of nitrogens with two attached hydrogens (primary N) is 1. The van der Waals surface area contributed by atoms with E-state index in [1.807, 2.05) is 0 Å². The number of hydrogen-bond donors (Lipinski definition) is 1. The van der Waals surface area contributed by atoms with Crippen LogP contribution in [-0.4, -0.2) is 11.8 Å². The molecule has 2 N–H and O–H groups in total. The number of benzene rings is 1. The Morgan fingerprint density at radius 3 is 2.20 bits per heavy atom.